The van der Waals surface area contributed by atoms with E-state index in [9.17, 15) is 9.59 Å². The van der Waals surface area contributed by atoms with E-state index in [2.05, 4.69) is 4.99 Å². The second-order valence-corrected chi connectivity index (χ2v) is 3.35. The molecule has 1 aliphatic heterocycles. The van der Waals surface area contributed by atoms with E-state index in [0.717, 1.165) is 5.56 Å². The fourth-order valence-corrected chi connectivity index (χ4v) is 1.52. The average molecular weight is 218 g/mol. The molecule has 1 fully saturated rings. The number of hydrogen-bond acceptors (Lipinski definition) is 4. The summed E-state index contributed by atoms with van der Waals surface area (Å²) in [6.45, 7) is 0.676. The average Bonchev–Trinajstić information content (AvgIpc) is 2.73. The Hall–Kier alpha value is -1.97. The maximum atomic E-state index is 11.4. The minimum atomic E-state index is -0.0592. The number of aliphatic imine (C=N–C) groups is 1. The summed E-state index contributed by atoms with van der Waals surface area (Å²) in [5.74, 6) is -0.0592. The van der Waals surface area contributed by atoms with E-state index in [1.807, 2.05) is 6.07 Å². The molecular formula is C11H10N2O3. The van der Waals surface area contributed by atoms with Crippen molar-refractivity contribution in [2.75, 3.05) is 11.7 Å². The number of rotatable bonds is 3. The van der Waals surface area contributed by atoms with Crippen LogP contribution in [0.25, 0.3) is 0 Å². The van der Waals surface area contributed by atoms with Crippen LogP contribution in [-0.2, 0) is 21.0 Å². The van der Waals surface area contributed by atoms with Crippen LogP contribution in [0.5, 0.6) is 0 Å². The van der Waals surface area contributed by atoms with Crippen LogP contribution < -0.4 is 5.06 Å². The maximum absolute atomic E-state index is 11.4. The van der Waals surface area contributed by atoms with Crippen LogP contribution in [-0.4, -0.2) is 18.6 Å². The van der Waals surface area contributed by atoms with Gasteiger partial charge in [-0.25, -0.2) is 9.79 Å². The molecule has 0 aliphatic carbocycles. The summed E-state index contributed by atoms with van der Waals surface area (Å²) in [4.78, 5) is 30.1. The molecule has 1 saturated heterocycles. The number of hydrogen-bond donors (Lipinski definition) is 0. The summed E-state index contributed by atoms with van der Waals surface area (Å²) in [5, 5.41) is 1.27. The van der Waals surface area contributed by atoms with Crippen LogP contribution in [0.3, 0.4) is 0 Å². The highest BCUT2D eigenvalue weighted by Gasteiger charge is 2.23. The van der Waals surface area contributed by atoms with E-state index in [0.29, 0.717) is 18.7 Å². The van der Waals surface area contributed by atoms with Crippen molar-refractivity contribution >= 4 is 17.7 Å². The third-order valence-electron chi connectivity index (χ3n) is 2.23. The molecular weight excluding hydrogens is 208 g/mol. The Morgan fingerprint density at radius 1 is 1.50 bits per heavy atom. The lowest BCUT2D eigenvalue weighted by atomic mass is 10.2. The third kappa shape index (κ3) is 2.16. The molecule has 1 aromatic rings. The van der Waals surface area contributed by atoms with Gasteiger partial charge in [-0.05, 0) is 17.7 Å². The topological polar surface area (TPSA) is 59.0 Å². The predicted octanol–water partition coefficient (Wildman–Crippen LogP) is 1.19. The van der Waals surface area contributed by atoms with Gasteiger partial charge in [0.05, 0.1) is 25.3 Å². The van der Waals surface area contributed by atoms with E-state index in [1.165, 1.54) is 11.1 Å². The molecule has 1 aromatic carbocycles. The minimum absolute atomic E-state index is 0.0592. The van der Waals surface area contributed by atoms with Crippen molar-refractivity contribution in [1.29, 1.82) is 0 Å². The molecule has 0 unspecified atom stereocenters. The highest BCUT2D eigenvalue weighted by molar-refractivity contribution is 5.92. The molecule has 5 heteroatoms. The summed E-state index contributed by atoms with van der Waals surface area (Å²) >= 11 is 0. The first kappa shape index (κ1) is 10.5. The summed E-state index contributed by atoms with van der Waals surface area (Å²) in [6, 6.07) is 7.16. The first-order valence-corrected chi connectivity index (χ1v) is 4.90. The highest BCUT2D eigenvalue weighted by Crippen LogP contribution is 2.21. The zero-order valence-electron chi connectivity index (χ0n) is 8.55. The lowest BCUT2D eigenvalue weighted by molar-refractivity contribution is -0.119. The van der Waals surface area contributed by atoms with Crippen LogP contribution in [0, 0.1) is 0 Å². The first-order valence-electron chi connectivity index (χ1n) is 4.90. The monoisotopic (exact) mass is 218 g/mol. The van der Waals surface area contributed by atoms with Crippen molar-refractivity contribution in [3.05, 3.63) is 29.8 Å². The van der Waals surface area contributed by atoms with Gasteiger partial charge < -0.3 is 0 Å². The quantitative estimate of drug-likeness (QED) is 0.565. The fraction of sp³-hybridized carbons (Fsp3) is 0.273. The summed E-state index contributed by atoms with van der Waals surface area (Å²) in [7, 11) is 0. The number of benzene rings is 1. The standard InChI is InChI=1S/C11H10N2O3/c14-8-12-7-9-2-1-3-10(6-9)13-11(15)4-5-16-13/h1-3,6H,4-5,7H2. The van der Waals surface area contributed by atoms with E-state index >= 15 is 0 Å². The Morgan fingerprint density at radius 3 is 3.06 bits per heavy atom. The number of carbonyl (C=O) groups excluding carboxylic acids is 2. The molecule has 1 amide bonds. The lowest BCUT2D eigenvalue weighted by Crippen LogP contribution is -2.22. The van der Waals surface area contributed by atoms with Crippen molar-refractivity contribution in [2.45, 2.75) is 13.0 Å². The van der Waals surface area contributed by atoms with Gasteiger partial charge in [-0.15, -0.1) is 0 Å². The van der Waals surface area contributed by atoms with Gasteiger partial charge in [0.2, 0.25) is 6.08 Å². The van der Waals surface area contributed by atoms with Gasteiger partial charge in [-0.1, -0.05) is 12.1 Å². The molecule has 0 radical (unpaired) electrons. The van der Waals surface area contributed by atoms with Gasteiger partial charge in [0.1, 0.15) is 0 Å². The molecule has 5 nitrogen and oxygen atoms in total. The molecule has 0 atom stereocenters. The van der Waals surface area contributed by atoms with E-state index < -0.39 is 0 Å². The van der Waals surface area contributed by atoms with Crippen molar-refractivity contribution in [2.24, 2.45) is 4.99 Å². The molecule has 0 saturated carbocycles. The van der Waals surface area contributed by atoms with Gasteiger partial charge >= 0.3 is 0 Å². The van der Waals surface area contributed by atoms with Gasteiger partial charge in [0, 0.05) is 0 Å². The number of nitrogens with zero attached hydrogens (tertiary/aromatic N) is 2. The van der Waals surface area contributed by atoms with E-state index in [1.54, 1.807) is 18.2 Å². The van der Waals surface area contributed by atoms with Crippen LogP contribution in [0.1, 0.15) is 12.0 Å². The zero-order chi connectivity index (χ0) is 11.4. The zero-order valence-corrected chi connectivity index (χ0v) is 8.55. The molecule has 1 heterocycles. The van der Waals surface area contributed by atoms with Gasteiger partial charge in [0.15, 0.2) is 0 Å². The number of hydroxylamine groups is 1. The molecule has 16 heavy (non-hydrogen) atoms. The summed E-state index contributed by atoms with van der Waals surface area (Å²) < 4.78 is 0. The molecule has 0 aromatic heterocycles. The second-order valence-electron chi connectivity index (χ2n) is 3.35. The summed E-state index contributed by atoms with van der Waals surface area (Å²) in [6.07, 6.45) is 1.88. The lowest BCUT2D eigenvalue weighted by Gasteiger charge is -2.14. The van der Waals surface area contributed by atoms with Crippen LogP contribution in [0.4, 0.5) is 5.69 Å². The maximum Gasteiger partial charge on any atom is 0.253 e. The molecule has 0 bridgehead atoms. The third-order valence-corrected chi connectivity index (χ3v) is 2.23. The van der Waals surface area contributed by atoms with Gasteiger partial charge in [0.25, 0.3) is 5.91 Å². The van der Waals surface area contributed by atoms with Crippen molar-refractivity contribution < 1.29 is 14.4 Å². The molecule has 2 rings (SSSR count). The van der Waals surface area contributed by atoms with Crippen molar-refractivity contribution in [3.63, 3.8) is 0 Å². The first-order chi connectivity index (χ1) is 7.81. The van der Waals surface area contributed by atoms with Crippen LogP contribution >= 0.6 is 0 Å². The second kappa shape index (κ2) is 4.70. The Morgan fingerprint density at radius 2 is 2.38 bits per heavy atom. The van der Waals surface area contributed by atoms with Gasteiger partial charge in [-0.3, -0.25) is 9.63 Å². The normalized spacial score (nSPS) is 15.0. The minimum Gasteiger partial charge on any atom is -0.272 e. The molecule has 0 spiro atoms. The fourth-order valence-electron chi connectivity index (χ4n) is 1.52. The molecule has 0 N–H and O–H groups in total. The Kier molecular flexibility index (Phi) is 3.10. The van der Waals surface area contributed by atoms with Gasteiger partial charge in [-0.2, -0.15) is 5.06 Å². The number of carbonyl (C=O) groups is 1. The molecule has 1 aliphatic rings. The Labute approximate surface area is 92.3 Å². The van der Waals surface area contributed by atoms with E-state index in [4.69, 9.17) is 4.84 Å². The predicted molar refractivity (Wildman–Crippen MR) is 56.3 cm³/mol. The highest BCUT2D eigenvalue weighted by atomic mass is 16.7. The van der Waals surface area contributed by atoms with E-state index in [-0.39, 0.29) is 12.5 Å². The Balaban J connectivity index is 2.21. The smallest absolute Gasteiger partial charge is 0.253 e. The molecule has 82 valence electrons. The van der Waals surface area contributed by atoms with Crippen LogP contribution in [0.2, 0.25) is 0 Å². The van der Waals surface area contributed by atoms with Crippen molar-refractivity contribution in [1.82, 2.24) is 0 Å². The number of amides is 1. The number of anilines is 1. The SMILES string of the molecule is O=C=NCc1cccc(N2OCCC2=O)c1. The Bertz CT molecular complexity index is 452. The van der Waals surface area contributed by atoms with Crippen molar-refractivity contribution in [3.8, 4) is 0 Å². The number of isocyanates is 1. The van der Waals surface area contributed by atoms with Crippen LogP contribution in [0.15, 0.2) is 29.3 Å². The summed E-state index contributed by atoms with van der Waals surface area (Å²) in [5.41, 5.74) is 1.50. The largest absolute Gasteiger partial charge is 0.272 e.